The van der Waals surface area contributed by atoms with Crippen LogP contribution in [-0.4, -0.2) is 32.7 Å². The zero-order valence-electron chi connectivity index (χ0n) is 11.0. The zero-order valence-corrected chi connectivity index (χ0v) is 11.0. The lowest BCUT2D eigenvalue weighted by molar-refractivity contribution is -0.220. The molecule has 0 heterocycles. The third kappa shape index (κ3) is 7.17. The summed E-state index contributed by atoms with van der Waals surface area (Å²) in [6.07, 6.45) is 2.03. The third-order valence-corrected chi connectivity index (χ3v) is 1.85. The largest absolute Gasteiger partial charge is 0.348 e. The molecule has 1 atom stereocenters. The second kappa shape index (κ2) is 11.3. The summed E-state index contributed by atoms with van der Waals surface area (Å²) in [4.78, 5) is 0. The van der Waals surface area contributed by atoms with Gasteiger partial charge in [0.05, 0.1) is 0 Å². The molecule has 1 unspecified atom stereocenters. The highest BCUT2D eigenvalue weighted by atomic mass is 16.8. The molecule has 97 valence electrons. The first-order chi connectivity index (χ1) is 7.79. The molecule has 0 bridgehead atoms. The molecule has 0 rings (SSSR count). The normalized spacial score (nSPS) is 13.3. The molecule has 0 aromatic heterocycles. The van der Waals surface area contributed by atoms with Gasteiger partial charge in [-0.25, -0.2) is 0 Å². The molecule has 0 aliphatic rings. The van der Waals surface area contributed by atoms with Crippen LogP contribution in [0.5, 0.6) is 0 Å². The highest BCUT2D eigenvalue weighted by molar-refractivity contribution is 4.71. The Labute approximate surface area is 99.2 Å². The van der Waals surface area contributed by atoms with Gasteiger partial charge in [0.1, 0.15) is 0 Å². The quantitative estimate of drug-likeness (QED) is 0.406. The van der Waals surface area contributed by atoms with E-state index in [-0.39, 0.29) is 0 Å². The Morgan fingerprint density at radius 1 is 0.875 bits per heavy atom. The molecule has 0 saturated heterocycles. The van der Waals surface area contributed by atoms with Crippen LogP contribution in [0.15, 0.2) is 0 Å². The Morgan fingerprint density at radius 3 is 1.94 bits per heavy atom. The molecule has 4 heteroatoms. The predicted octanol–water partition coefficient (Wildman–Crippen LogP) is 2.73. The van der Waals surface area contributed by atoms with Gasteiger partial charge in [-0.1, -0.05) is 13.3 Å². The van der Waals surface area contributed by atoms with Crippen molar-refractivity contribution in [2.75, 3.05) is 26.4 Å². The Hall–Kier alpha value is -0.160. The van der Waals surface area contributed by atoms with Crippen LogP contribution >= 0.6 is 0 Å². The molecule has 0 aliphatic heterocycles. The summed E-state index contributed by atoms with van der Waals surface area (Å²) >= 11 is 0. The van der Waals surface area contributed by atoms with Crippen LogP contribution in [-0.2, 0) is 18.9 Å². The van der Waals surface area contributed by atoms with E-state index in [4.69, 9.17) is 18.9 Å². The molecule has 0 aliphatic carbocycles. The van der Waals surface area contributed by atoms with Gasteiger partial charge in [-0.05, 0) is 27.2 Å². The fourth-order valence-corrected chi connectivity index (χ4v) is 1.13. The average molecular weight is 233 g/mol. The van der Waals surface area contributed by atoms with Crippen molar-refractivity contribution in [2.45, 2.75) is 46.8 Å². The SMILES string of the molecule is CCCCOC(OCC)[C](OCC)OCC. The summed E-state index contributed by atoms with van der Waals surface area (Å²) in [7, 11) is 0. The van der Waals surface area contributed by atoms with Crippen molar-refractivity contribution in [3.63, 3.8) is 0 Å². The minimum Gasteiger partial charge on any atom is -0.348 e. The summed E-state index contributed by atoms with van der Waals surface area (Å²) < 4.78 is 21.8. The van der Waals surface area contributed by atoms with Crippen molar-refractivity contribution in [1.82, 2.24) is 0 Å². The standard InChI is InChI=1S/C12H25O4/c1-5-9-10-16-12(15-8-4)11(13-6-2)14-7-3/h12H,5-10H2,1-4H3. The van der Waals surface area contributed by atoms with Gasteiger partial charge < -0.3 is 18.9 Å². The van der Waals surface area contributed by atoms with Crippen LogP contribution in [0.4, 0.5) is 0 Å². The Kier molecular flexibility index (Phi) is 11.2. The number of ether oxygens (including phenoxy) is 4. The first-order valence-corrected chi connectivity index (χ1v) is 6.15. The third-order valence-electron chi connectivity index (χ3n) is 1.85. The van der Waals surface area contributed by atoms with Crippen molar-refractivity contribution < 1.29 is 18.9 Å². The first kappa shape index (κ1) is 15.8. The van der Waals surface area contributed by atoms with Gasteiger partial charge in [0.15, 0.2) is 0 Å². The molecule has 16 heavy (non-hydrogen) atoms. The fourth-order valence-electron chi connectivity index (χ4n) is 1.13. The maximum atomic E-state index is 5.58. The van der Waals surface area contributed by atoms with E-state index in [0.29, 0.717) is 32.7 Å². The summed E-state index contributed by atoms with van der Waals surface area (Å²) in [5.74, 6) is 0. The van der Waals surface area contributed by atoms with Gasteiger partial charge in [-0.3, -0.25) is 0 Å². The topological polar surface area (TPSA) is 36.9 Å². The van der Waals surface area contributed by atoms with Gasteiger partial charge in [0, 0.05) is 26.4 Å². The van der Waals surface area contributed by atoms with Gasteiger partial charge >= 0.3 is 0 Å². The van der Waals surface area contributed by atoms with Gasteiger partial charge in [-0.2, -0.15) is 0 Å². The highest BCUT2D eigenvalue weighted by Gasteiger charge is 2.25. The van der Waals surface area contributed by atoms with Crippen molar-refractivity contribution in [3.05, 3.63) is 6.29 Å². The lowest BCUT2D eigenvalue weighted by Crippen LogP contribution is -2.30. The molecule has 0 fully saturated rings. The second-order valence-electron chi connectivity index (χ2n) is 3.20. The van der Waals surface area contributed by atoms with Crippen LogP contribution in [0, 0.1) is 6.29 Å². The number of unbranched alkanes of at least 4 members (excludes halogenated alkanes) is 1. The number of rotatable bonds is 11. The van der Waals surface area contributed by atoms with E-state index in [9.17, 15) is 0 Å². The van der Waals surface area contributed by atoms with Crippen LogP contribution in [0.3, 0.4) is 0 Å². The van der Waals surface area contributed by atoms with E-state index in [2.05, 4.69) is 6.92 Å². The summed E-state index contributed by atoms with van der Waals surface area (Å²) in [5.41, 5.74) is 0. The van der Waals surface area contributed by atoms with E-state index in [1.54, 1.807) is 0 Å². The molecule has 0 aromatic rings. The van der Waals surface area contributed by atoms with Crippen molar-refractivity contribution in [3.8, 4) is 0 Å². The Morgan fingerprint density at radius 2 is 1.50 bits per heavy atom. The van der Waals surface area contributed by atoms with Crippen molar-refractivity contribution >= 4 is 0 Å². The lowest BCUT2D eigenvalue weighted by Gasteiger charge is -2.24. The molecule has 0 N–H and O–H groups in total. The van der Waals surface area contributed by atoms with Crippen molar-refractivity contribution in [1.29, 1.82) is 0 Å². The summed E-state index contributed by atoms with van der Waals surface area (Å²) in [5, 5.41) is 0. The van der Waals surface area contributed by atoms with Gasteiger partial charge in [0.25, 0.3) is 6.29 Å². The minimum absolute atomic E-state index is 0.433. The predicted molar refractivity (Wildman–Crippen MR) is 62.8 cm³/mol. The minimum atomic E-state index is -0.503. The molecular weight excluding hydrogens is 208 g/mol. The lowest BCUT2D eigenvalue weighted by atomic mass is 10.4. The van der Waals surface area contributed by atoms with Crippen LogP contribution < -0.4 is 0 Å². The zero-order chi connectivity index (χ0) is 12.2. The molecule has 0 amide bonds. The highest BCUT2D eigenvalue weighted by Crippen LogP contribution is 2.16. The average Bonchev–Trinajstić information content (AvgIpc) is 2.28. The molecule has 0 spiro atoms. The summed E-state index contributed by atoms with van der Waals surface area (Å²) in [6, 6.07) is 0. The Balaban J connectivity index is 4.08. The van der Waals surface area contributed by atoms with E-state index < -0.39 is 6.29 Å². The van der Waals surface area contributed by atoms with E-state index >= 15 is 0 Å². The first-order valence-electron chi connectivity index (χ1n) is 6.15. The van der Waals surface area contributed by atoms with Gasteiger partial charge in [0.2, 0.25) is 6.29 Å². The van der Waals surface area contributed by atoms with E-state index in [0.717, 1.165) is 12.8 Å². The monoisotopic (exact) mass is 233 g/mol. The molecule has 0 saturated carbocycles. The fraction of sp³-hybridized carbons (Fsp3) is 0.917. The molecule has 4 nitrogen and oxygen atoms in total. The molecule has 1 radical (unpaired) electrons. The van der Waals surface area contributed by atoms with Crippen LogP contribution in [0.2, 0.25) is 0 Å². The summed E-state index contributed by atoms with van der Waals surface area (Å²) in [6.45, 7) is 10.2. The smallest absolute Gasteiger partial charge is 0.282 e. The Bertz CT molecular complexity index is 135. The van der Waals surface area contributed by atoms with Crippen LogP contribution in [0.1, 0.15) is 40.5 Å². The molecular formula is C12H25O4. The van der Waals surface area contributed by atoms with Crippen LogP contribution in [0.25, 0.3) is 0 Å². The van der Waals surface area contributed by atoms with E-state index in [1.165, 1.54) is 0 Å². The van der Waals surface area contributed by atoms with E-state index in [1.807, 2.05) is 20.8 Å². The number of hydrogen-bond donors (Lipinski definition) is 0. The second-order valence-corrected chi connectivity index (χ2v) is 3.20. The number of hydrogen-bond acceptors (Lipinski definition) is 4. The van der Waals surface area contributed by atoms with Gasteiger partial charge in [-0.15, -0.1) is 0 Å². The maximum absolute atomic E-state index is 5.58. The maximum Gasteiger partial charge on any atom is 0.282 e. The molecule has 0 aromatic carbocycles. The van der Waals surface area contributed by atoms with Crippen molar-refractivity contribution in [2.24, 2.45) is 0 Å².